The number of halogens is 2. The van der Waals surface area contributed by atoms with Gasteiger partial charge in [-0.15, -0.1) is 0 Å². The molecule has 6 heteroatoms. The Balaban J connectivity index is 1.57. The van der Waals surface area contributed by atoms with Gasteiger partial charge in [0, 0.05) is 17.5 Å². The molecule has 0 saturated heterocycles. The number of benzene rings is 2. The van der Waals surface area contributed by atoms with Crippen molar-refractivity contribution in [2.45, 2.75) is 50.5 Å². The molecule has 2 atom stereocenters. The van der Waals surface area contributed by atoms with E-state index in [1.165, 1.54) is 16.8 Å². The van der Waals surface area contributed by atoms with E-state index in [0.29, 0.717) is 5.69 Å². The molecule has 0 spiro atoms. The number of amides is 1. The lowest BCUT2D eigenvalue weighted by Gasteiger charge is -2.27. The third-order valence-corrected chi connectivity index (χ3v) is 6.46. The fourth-order valence-corrected chi connectivity index (χ4v) is 5.00. The van der Waals surface area contributed by atoms with Crippen LogP contribution in [0, 0.1) is 11.6 Å². The summed E-state index contributed by atoms with van der Waals surface area (Å²) in [6, 6.07) is 13.2. The maximum Gasteiger partial charge on any atom is 0.272 e. The van der Waals surface area contributed by atoms with Gasteiger partial charge in [-0.2, -0.15) is 5.10 Å². The first-order chi connectivity index (χ1) is 14.3. The molecule has 1 fully saturated rings. The molecule has 1 amide bonds. The summed E-state index contributed by atoms with van der Waals surface area (Å²) >= 11 is 0. The predicted octanol–water partition coefficient (Wildman–Crippen LogP) is 5.18. The van der Waals surface area contributed by atoms with Gasteiger partial charge in [0.2, 0.25) is 0 Å². The monoisotopic (exact) mass is 407 g/mol. The lowest BCUT2D eigenvalue weighted by atomic mass is 9.92. The number of nitrogens with one attached hydrogen (secondary N) is 1. The van der Waals surface area contributed by atoms with Crippen molar-refractivity contribution in [2.24, 2.45) is 0 Å². The van der Waals surface area contributed by atoms with Gasteiger partial charge in [0.15, 0.2) is 11.5 Å². The fraction of sp³-hybridized carbons (Fsp3) is 0.333. The van der Waals surface area contributed by atoms with Crippen LogP contribution in [-0.4, -0.2) is 15.7 Å². The van der Waals surface area contributed by atoms with Crippen molar-refractivity contribution in [3.05, 3.63) is 82.7 Å². The molecular weight excluding hydrogens is 384 g/mol. The zero-order valence-corrected chi connectivity index (χ0v) is 17.0. The molecule has 0 aliphatic heterocycles. The minimum absolute atomic E-state index is 0.182. The first kappa shape index (κ1) is 19.0. The van der Waals surface area contributed by atoms with Crippen LogP contribution in [-0.2, 0) is 5.54 Å². The molecule has 1 aromatic heterocycles. The molecule has 2 aliphatic rings. The molecule has 1 heterocycles. The van der Waals surface area contributed by atoms with Gasteiger partial charge in [-0.05, 0) is 56.7 Å². The van der Waals surface area contributed by atoms with Crippen LogP contribution in [0.4, 0.5) is 8.78 Å². The number of hydrogen-bond acceptors (Lipinski definition) is 2. The third-order valence-electron chi connectivity index (χ3n) is 6.46. The molecule has 0 radical (unpaired) electrons. The van der Waals surface area contributed by atoms with E-state index in [1.807, 2.05) is 44.2 Å². The maximum absolute atomic E-state index is 14.5. The Kier molecular flexibility index (Phi) is 4.27. The van der Waals surface area contributed by atoms with Crippen molar-refractivity contribution in [1.29, 1.82) is 0 Å². The summed E-state index contributed by atoms with van der Waals surface area (Å²) in [7, 11) is 0. The summed E-state index contributed by atoms with van der Waals surface area (Å²) < 4.78 is 29.5. The minimum Gasteiger partial charge on any atom is -0.342 e. The van der Waals surface area contributed by atoms with Crippen LogP contribution in [0.2, 0.25) is 0 Å². The van der Waals surface area contributed by atoms with E-state index in [4.69, 9.17) is 0 Å². The summed E-state index contributed by atoms with van der Waals surface area (Å²) in [4.78, 5) is 13.3. The molecule has 4 nitrogen and oxygen atoms in total. The molecule has 1 saturated carbocycles. The predicted molar refractivity (Wildman–Crippen MR) is 110 cm³/mol. The van der Waals surface area contributed by atoms with Gasteiger partial charge in [-0.25, -0.2) is 13.5 Å². The second-order valence-corrected chi connectivity index (χ2v) is 8.81. The van der Waals surface area contributed by atoms with Gasteiger partial charge in [0.25, 0.3) is 5.91 Å². The van der Waals surface area contributed by atoms with Crippen molar-refractivity contribution >= 4 is 5.91 Å². The van der Waals surface area contributed by atoms with Crippen LogP contribution in [0.25, 0.3) is 5.69 Å². The molecule has 2 aliphatic carbocycles. The van der Waals surface area contributed by atoms with Crippen LogP contribution >= 0.6 is 0 Å². The summed E-state index contributed by atoms with van der Waals surface area (Å²) in [5.74, 6) is -1.06. The number of hydrogen-bond donors (Lipinski definition) is 1. The number of aromatic nitrogens is 2. The van der Waals surface area contributed by atoms with E-state index in [-0.39, 0.29) is 23.4 Å². The Morgan fingerprint density at radius 2 is 1.83 bits per heavy atom. The van der Waals surface area contributed by atoms with E-state index >= 15 is 0 Å². The van der Waals surface area contributed by atoms with Gasteiger partial charge in [-0.3, -0.25) is 4.79 Å². The molecule has 0 unspecified atom stereocenters. The molecule has 5 rings (SSSR count). The van der Waals surface area contributed by atoms with Crippen molar-refractivity contribution in [2.75, 3.05) is 0 Å². The Hall–Kier alpha value is -3.02. The van der Waals surface area contributed by atoms with E-state index in [1.54, 1.807) is 0 Å². The smallest absolute Gasteiger partial charge is 0.272 e. The Morgan fingerprint density at radius 1 is 1.10 bits per heavy atom. The highest BCUT2D eigenvalue weighted by atomic mass is 19.1. The summed E-state index contributed by atoms with van der Waals surface area (Å²) in [5.41, 5.74) is 2.76. The highest BCUT2D eigenvalue weighted by Gasteiger charge is 2.44. The molecular formula is C24H23F2N3O. The number of rotatable bonds is 4. The number of fused-ring (bicyclic) bond motifs is 5. The largest absolute Gasteiger partial charge is 0.342 e. The second kappa shape index (κ2) is 6.76. The topological polar surface area (TPSA) is 46.9 Å². The van der Waals surface area contributed by atoms with Gasteiger partial charge in [-0.1, -0.05) is 30.3 Å². The minimum atomic E-state index is -0.681. The zero-order valence-electron chi connectivity index (χ0n) is 17.0. The summed E-state index contributed by atoms with van der Waals surface area (Å²) in [5, 5.41) is 7.65. The van der Waals surface area contributed by atoms with Crippen molar-refractivity contribution in [3.63, 3.8) is 0 Å². The Morgan fingerprint density at radius 3 is 2.57 bits per heavy atom. The molecule has 1 N–H and O–H groups in total. The average Bonchev–Trinajstić information content (AvgIpc) is 3.41. The first-order valence-electron chi connectivity index (χ1n) is 10.3. The fourth-order valence-electron chi connectivity index (χ4n) is 5.00. The zero-order chi connectivity index (χ0) is 21.0. The van der Waals surface area contributed by atoms with Crippen molar-refractivity contribution in [3.8, 4) is 5.69 Å². The van der Waals surface area contributed by atoms with Crippen molar-refractivity contribution in [1.82, 2.24) is 15.1 Å². The Bertz CT molecular complexity index is 1140. The van der Waals surface area contributed by atoms with Crippen LogP contribution in [0.1, 0.15) is 72.3 Å². The van der Waals surface area contributed by atoms with Gasteiger partial charge in [0.05, 0.1) is 11.2 Å². The van der Waals surface area contributed by atoms with E-state index in [0.717, 1.165) is 42.1 Å². The standard InChI is InChI=1S/C24H23F2N3O/c1-24(2,16-6-4-3-5-7-16)27-23(30)21-20-14-8-9-15(12-14)22(20)29(28-21)19-11-10-17(25)13-18(19)26/h3-7,10-11,13-15H,8-9,12H2,1-2H3,(H,27,30)/t14-,15-/m0/s1. The highest BCUT2D eigenvalue weighted by Crippen LogP contribution is 2.54. The quantitative estimate of drug-likeness (QED) is 0.648. The third kappa shape index (κ3) is 2.93. The molecule has 2 aromatic carbocycles. The molecule has 154 valence electrons. The van der Waals surface area contributed by atoms with E-state index < -0.39 is 17.2 Å². The van der Waals surface area contributed by atoms with Gasteiger partial charge < -0.3 is 5.32 Å². The van der Waals surface area contributed by atoms with Crippen LogP contribution in [0.15, 0.2) is 48.5 Å². The first-order valence-corrected chi connectivity index (χ1v) is 10.3. The Labute approximate surface area is 173 Å². The van der Waals surface area contributed by atoms with Gasteiger partial charge in [0.1, 0.15) is 11.5 Å². The number of carbonyl (C=O) groups excluding carboxylic acids is 1. The molecule has 3 aromatic rings. The summed E-state index contributed by atoms with van der Waals surface area (Å²) in [6.45, 7) is 3.90. The SMILES string of the molecule is CC(C)(NC(=O)c1nn(-c2ccc(F)cc2F)c2c1[C@H]1CC[C@H]2C1)c1ccccc1. The lowest BCUT2D eigenvalue weighted by molar-refractivity contribution is 0.0905. The molecule has 2 bridgehead atoms. The normalized spacial score (nSPS) is 19.7. The number of nitrogens with zero attached hydrogens (tertiary/aromatic N) is 2. The van der Waals surface area contributed by atoms with Crippen molar-refractivity contribution < 1.29 is 13.6 Å². The van der Waals surface area contributed by atoms with Crippen LogP contribution in [0.3, 0.4) is 0 Å². The number of carbonyl (C=O) groups is 1. The van der Waals surface area contributed by atoms with E-state index in [9.17, 15) is 13.6 Å². The lowest BCUT2D eigenvalue weighted by Crippen LogP contribution is -2.41. The average molecular weight is 407 g/mol. The van der Waals surface area contributed by atoms with Crippen LogP contribution in [0.5, 0.6) is 0 Å². The summed E-state index contributed by atoms with van der Waals surface area (Å²) in [6.07, 6.45) is 2.97. The maximum atomic E-state index is 14.5. The molecule has 30 heavy (non-hydrogen) atoms. The van der Waals surface area contributed by atoms with Crippen LogP contribution < -0.4 is 5.32 Å². The highest BCUT2D eigenvalue weighted by molar-refractivity contribution is 5.95. The second-order valence-electron chi connectivity index (χ2n) is 8.81. The van der Waals surface area contributed by atoms with E-state index in [2.05, 4.69) is 10.4 Å². The van der Waals surface area contributed by atoms with Gasteiger partial charge >= 0.3 is 0 Å².